The van der Waals surface area contributed by atoms with Crippen molar-refractivity contribution in [1.29, 1.82) is 0 Å². The summed E-state index contributed by atoms with van der Waals surface area (Å²) in [7, 11) is 2.80. The second-order valence-corrected chi connectivity index (χ2v) is 7.90. The van der Waals surface area contributed by atoms with E-state index in [4.69, 9.17) is 21.1 Å². The molecule has 1 aromatic heterocycles. The Balaban J connectivity index is 1.91. The second-order valence-electron chi connectivity index (χ2n) is 7.90. The molecule has 2 heterocycles. The number of methoxy groups -OCH3 is 2. The van der Waals surface area contributed by atoms with Crippen molar-refractivity contribution >= 4 is 16.6 Å². The molecule has 3 unspecified atom stereocenters. The average molecular weight is 425 g/mol. The average Bonchev–Trinajstić information content (AvgIpc) is 3.47. The van der Waals surface area contributed by atoms with E-state index in [1.165, 1.54) is 23.7 Å². The first-order valence-corrected chi connectivity index (χ1v) is 9.76. The maximum atomic E-state index is 15.2. The molecule has 0 amide bonds. The number of halogens is 2. The Morgan fingerprint density at radius 1 is 1.27 bits per heavy atom. The smallest absolute Gasteiger partial charge is 0.350 e. The molecule has 1 saturated carbocycles. The SMILES string of the molecule is COCC(N)C1CN(c2c(F)cc3c(=O)n(N)c(=O)n(C4CC4)c3c2OC)CC1F. The zero-order valence-corrected chi connectivity index (χ0v) is 16.8. The fraction of sp³-hybridized carbons (Fsp3) is 0.579. The third-order valence-electron chi connectivity index (χ3n) is 5.92. The molecule has 1 aliphatic carbocycles. The van der Waals surface area contributed by atoms with E-state index in [-0.39, 0.29) is 48.1 Å². The first-order valence-electron chi connectivity index (χ1n) is 9.76. The first kappa shape index (κ1) is 20.6. The molecular weight excluding hydrogens is 400 g/mol. The van der Waals surface area contributed by atoms with E-state index in [0.29, 0.717) is 4.68 Å². The minimum Gasteiger partial charge on any atom is -0.492 e. The predicted molar refractivity (Wildman–Crippen MR) is 108 cm³/mol. The van der Waals surface area contributed by atoms with Crippen LogP contribution in [0.15, 0.2) is 15.7 Å². The number of nitrogen functional groups attached to an aromatic ring is 1. The van der Waals surface area contributed by atoms with Gasteiger partial charge in [-0.1, -0.05) is 0 Å². The minimum atomic E-state index is -1.29. The van der Waals surface area contributed by atoms with Crippen molar-refractivity contribution < 1.29 is 18.3 Å². The molecule has 1 saturated heterocycles. The number of nitrogens with two attached hydrogens (primary N) is 2. The van der Waals surface area contributed by atoms with Gasteiger partial charge in [-0.25, -0.2) is 13.6 Å². The molecule has 9 nitrogen and oxygen atoms in total. The molecular formula is C19H25F2N5O4. The highest BCUT2D eigenvalue weighted by Gasteiger charge is 2.40. The summed E-state index contributed by atoms with van der Waals surface area (Å²) in [4.78, 5) is 26.8. The molecule has 4 rings (SSSR count). The van der Waals surface area contributed by atoms with E-state index in [2.05, 4.69) is 0 Å². The molecule has 0 radical (unpaired) electrons. The molecule has 3 atom stereocenters. The third-order valence-corrected chi connectivity index (χ3v) is 5.92. The van der Waals surface area contributed by atoms with E-state index < -0.39 is 35.2 Å². The number of fused-ring (bicyclic) bond motifs is 1. The number of hydrogen-bond acceptors (Lipinski definition) is 7. The van der Waals surface area contributed by atoms with Crippen molar-refractivity contribution in [3.8, 4) is 5.75 Å². The Morgan fingerprint density at radius 2 is 1.97 bits per heavy atom. The number of alkyl halides is 1. The maximum Gasteiger partial charge on any atom is 0.350 e. The number of ether oxygens (including phenoxy) is 2. The van der Waals surface area contributed by atoms with Gasteiger partial charge < -0.3 is 25.9 Å². The predicted octanol–water partition coefficient (Wildman–Crippen LogP) is 0.108. The number of anilines is 1. The molecule has 1 aliphatic heterocycles. The summed E-state index contributed by atoms with van der Waals surface area (Å²) in [6.45, 7) is 0.224. The molecule has 164 valence electrons. The quantitative estimate of drug-likeness (QED) is 0.631. The van der Waals surface area contributed by atoms with Crippen molar-refractivity contribution in [3.63, 3.8) is 0 Å². The van der Waals surface area contributed by atoms with Crippen molar-refractivity contribution in [3.05, 3.63) is 32.7 Å². The van der Waals surface area contributed by atoms with Gasteiger partial charge in [0, 0.05) is 38.2 Å². The molecule has 11 heteroatoms. The van der Waals surface area contributed by atoms with Crippen LogP contribution in [-0.4, -0.2) is 55.4 Å². The summed E-state index contributed by atoms with van der Waals surface area (Å²) in [5, 5.41) is -0.0641. The van der Waals surface area contributed by atoms with Gasteiger partial charge >= 0.3 is 5.69 Å². The third kappa shape index (κ3) is 3.12. The summed E-state index contributed by atoms with van der Waals surface area (Å²) >= 11 is 0. The van der Waals surface area contributed by atoms with Gasteiger partial charge in [0.25, 0.3) is 5.56 Å². The van der Waals surface area contributed by atoms with E-state index >= 15 is 4.39 Å². The Morgan fingerprint density at radius 3 is 2.57 bits per heavy atom. The van der Waals surface area contributed by atoms with Crippen molar-refractivity contribution in [1.82, 2.24) is 9.24 Å². The highest BCUT2D eigenvalue weighted by molar-refractivity contribution is 5.91. The zero-order chi connectivity index (χ0) is 21.7. The molecule has 30 heavy (non-hydrogen) atoms. The van der Waals surface area contributed by atoms with Gasteiger partial charge in [0.1, 0.15) is 17.4 Å². The van der Waals surface area contributed by atoms with E-state index in [1.54, 1.807) is 0 Å². The van der Waals surface area contributed by atoms with Gasteiger partial charge in [0.15, 0.2) is 11.6 Å². The Kier molecular flexibility index (Phi) is 5.18. The fourth-order valence-corrected chi connectivity index (χ4v) is 4.29. The molecule has 2 aromatic rings. The van der Waals surface area contributed by atoms with Crippen LogP contribution in [-0.2, 0) is 4.74 Å². The summed E-state index contributed by atoms with van der Waals surface area (Å²) in [6.07, 6.45) is 0.165. The lowest BCUT2D eigenvalue weighted by atomic mass is 9.99. The summed E-state index contributed by atoms with van der Waals surface area (Å²) in [6, 6.07) is 0.323. The van der Waals surface area contributed by atoms with E-state index in [9.17, 15) is 14.0 Å². The Hall–Kier alpha value is -2.66. The topological polar surface area (TPSA) is 118 Å². The Bertz CT molecular complexity index is 1100. The Labute approximate surface area is 170 Å². The standard InChI is InChI=1S/C19H25F2N5O4/c1-29-8-14(22)11-6-24(7-13(11)21)16-12(20)5-10-15(17(16)30-2)25(9-3-4-9)19(28)26(23)18(10)27/h5,9,11,13-14H,3-4,6-8,22-23H2,1-2H3. The van der Waals surface area contributed by atoms with Crippen LogP contribution in [0.4, 0.5) is 14.5 Å². The van der Waals surface area contributed by atoms with Crippen LogP contribution in [0.25, 0.3) is 10.9 Å². The highest BCUT2D eigenvalue weighted by atomic mass is 19.1. The normalized spacial score (nSPS) is 22.6. The minimum absolute atomic E-state index is 0.00254. The molecule has 0 spiro atoms. The lowest BCUT2D eigenvalue weighted by molar-refractivity contribution is 0.138. The molecule has 2 fully saturated rings. The molecule has 0 bridgehead atoms. The first-order chi connectivity index (χ1) is 14.3. The van der Waals surface area contributed by atoms with Crippen LogP contribution in [0, 0.1) is 11.7 Å². The summed E-state index contributed by atoms with van der Waals surface area (Å²) in [5.41, 5.74) is 4.69. The number of nitrogens with zero attached hydrogens (tertiary/aromatic N) is 3. The number of hydrogen-bond donors (Lipinski definition) is 2. The van der Waals surface area contributed by atoms with Crippen LogP contribution in [0.1, 0.15) is 18.9 Å². The van der Waals surface area contributed by atoms with Crippen molar-refractivity contribution in [2.45, 2.75) is 31.1 Å². The van der Waals surface area contributed by atoms with Gasteiger partial charge in [-0.15, -0.1) is 0 Å². The van der Waals surface area contributed by atoms with Gasteiger partial charge in [-0.2, -0.15) is 4.68 Å². The fourth-order valence-electron chi connectivity index (χ4n) is 4.29. The van der Waals surface area contributed by atoms with E-state index in [1.807, 2.05) is 0 Å². The molecule has 1 aromatic carbocycles. The van der Waals surface area contributed by atoms with Gasteiger partial charge in [0.05, 0.1) is 19.1 Å². The van der Waals surface area contributed by atoms with Crippen LogP contribution in [0.2, 0.25) is 0 Å². The van der Waals surface area contributed by atoms with Crippen LogP contribution >= 0.6 is 0 Å². The van der Waals surface area contributed by atoms with Crippen molar-refractivity contribution in [2.24, 2.45) is 11.7 Å². The van der Waals surface area contributed by atoms with Gasteiger partial charge in [-0.05, 0) is 18.9 Å². The monoisotopic (exact) mass is 425 g/mol. The summed E-state index contributed by atoms with van der Waals surface area (Å²) < 4.78 is 42.3. The largest absolute Gasteiger partial charge is 0.492 e. The lowest BCUT2D eigenvalue weighted by Crippen LogP contribution is -2.44. The van der Waals surface area contributed by atoms with Crippen LogP contribution in [0.5, 0.6) is 5.75 Å². The van der Waals surface area contributed by atoms with Crippen LogP contribution < -0.4 is 32.5 Å². The van der Waals surface area contributed by atoms with Crippen LogP contribution in [0.3, 0.4) is 0 Å². The van der Waals surface area contributed by atoms with E-state index in [0.717, 1.165) is 18.9 Å². The van der Waals surface area contributed by atoms with Gasteiger partial charge in [0.2, 0.25) is 0 Å². The second kappa shape index (κ2) is 7.55. The molecule has 2 aliphatic rings. The number of aromatic nitrogens is 2. The number of benzene rings is 1. The maximum absolute atomic E-state index is 15.2. The highest BCUT2D eigenvalue weighted by Crippen LogP contribution is 2.43. The number of rotatable bonds is 6. The zero-order valence-electron chi connectivity index (χ0n) is 16.8. The van der Waals surface area contributed by atoms with Gasteiger partial charge in [-0.3, -0.25) is 9.36 Å². The lowest BCUT2D eigenvalue weighted by Gasteiger charge is -2.25. The molecule has 4 N–H and O–H groups in total. The summed E-state index contributed by atoms with van der Waals surface area (Å²) in [5.74, 6) is 4.33. The van der Waals surface area contributed by atoms with Crippen molar-refractivity contribution in [2.75, 3.05) is 44.7 Å².